The molecule has 0 radical (unpaired) electrons. The monoisotopic (exact) mass is 497 g/mol. The van der Waals surface area contributed by atoms with Gasteiger partial charge in [0.05, 0.1) is 12.8 Å². The minimum atomic E-state index is -3.76. The summed E-state index contributed by atoms with van der Waals surface area (Å²) < 4.78 is 34.8. The highest BCUT2D eigenvalue weighted by molar-refractivity contribution is 9.11. The minimum Gasteiger partial charge on any atom is -0.495 e. The molecule has 0 saturated carbocycles. The van der Waals surface area contributed by atoms with Gasteiger partial charge in [-0.3, -0.25) is 4.72 Å². The molecule has 0 aliphatic rings. The van der Waals surface area contributed by atoms with Crippen LogP contribution in [0.3, 0.4) is 0 Å². The van der Waals surface area contributed by atoms with E-state index >= 15 is 0 Å². The topological polar surface area (TPSA) is 55.4 Å². The van der Waals surface area contributed by atoms with E-state index in [9.17, 15) is 8.42 Å². The fourth-order valence-electron chi connectivity index (χ4n) is 1.63. The summed E-state index contributed by atoms with van der Waals surface area (Å²) >= 11 is 9.91. The third-order valence-electron chi connectivity index (χ3n) is 2.59. The second kappa shape index (κ2) is 6.68. The normalized spacial score (nSPS) is 11.2. The van der Waals surface area contributed by atoms with E-state index in [1.807, 2.05) is 0 Å². The number of sulfonamides is 1. The van der Waals surface area contributed by atoms with Crippen molar-refractivity contribution < 1.29 is 13.2 Å². The van der Waals surface area contributed by atoms with Gasteiger partial charge >= 0.3 is 0 Å². The SMILES string of the molecule is COc1ccc(Br)cc1S(=O)(=O)Nc1ccc(Br)cc1Br. The molecule has 2 aromatic rings. The summed E-state index contributed by atoms with van der Waals surface area (Å²) in [5.74, 6) is 0.277. The molecule has 1 N–H and O–H groups in total. The Morgan fingerprint density at radius 1 is 1.00 bits per heavy atom. The van der Waals surface area contributed by atoms with Crippen LogP contribution in [0.4, 0.5) is 5.69 Å². The van der Waals surface area contributed by atoms with Crippen molar-refractivity contribution in [2.75, 3.05) is 11.8 Å². The van der Waals surface area contributed by atoms with E-state index < -0.39 is 10.0 Å². The fraction of sp³-hybridized carbons (Fsp3) is 0.0769. The molecule has 0 spiro atoms. The predicted molar refractivity (Wildman–Crippen MR) is 93.3 cm³/mol. The van der Waals surface area contributed by atoms with E-state index in [0.717, 1.165) is 4.47 Å². The van der Waals surface area contributed by atoms with Crippen molar-refractivity contribution in [2.45, 2.75) is 4.90 Å². The molecule has 4 nitrogen and oxygen atoms in total. The van der Waals surface area contributed by atoms with Crippen LogP contribution in [0.5, 0.6) is 5.75 Å². The fourth-order valence-corrected chi connectivity index (χ4v) is 4.70. The summed E-state index contributed by atoms with van der Waals surface area (Å²) in [6.07, 6.45) is 0. The lowest BCUT2D eigenvalue weighted by molar-refractivity contribution is 0.403. The number of hydrogen-bond donors (Lipinski definition) is 1. The van der Waals surface area contributed by atoms with E-state index in [4.69, 9.17) is 4.74 Å². The van der Waals surface area contributed by atoms with E-state index in [-0.39, 0.29) is 10.6 Å². The van der Waals surface area contributed by atoms with Gasteiger partial charge in [0.15, 0.2) is 0 Å². The average molecular weight is 500 g/mol. The molecule has 2 aromatic carbocycles. The summed E-state index contributed by atoms with van der Waals surface area (Å²) in [5, 5.41) is 0. The first-order valence-corrected chi connectivity index (χ1v) is 9.51. The third kappa shape index (κ3) is 4.00. The number of hydrogen-bond acceptors (Lipinski definition) is 3. The first-order valence-electron chi connectivity index (χ1n) is 5.65. The van der Waals surface area contributed by atoms with Crippen LogP contribution in [0, 0.1) is 0 Å². The van der Waals surface area contributed by atoms with Gasteiger partial charge in [-0.25, -0.2) is 8.42 Å². The van der Waals surface area contributed by atoms with Crippen LogP contribution in [0.15, 0.2) is 54.7 Å². The summed E-state index contributed by atoms with van der Waals surface area (Å²) in [6.45, 7) is 0. The molecule has 0 aromatic heterocycles. The van der Waals surface area contributed by atoms with Crippen LogP contribution in [0.1, 0.15) is 0 Å². The number of anilines is 1. The molecule has 0 fully saturated rings. The molecule has 0 amide bonds. The van der Waals surface area contributed by atoms with Gasteiger partial charge in [0, 0.05) is 13.4 Å². The molecule has 8 heteroatoms. The molecule has 0 unspecified atom stereocenters. The molecule has 0 aliphatic carbocycles. The lowest BCUT2D eigenvalue weighted by Gasteiger charge is -2.13. The van der Waals surface area contributed by atoms with Crippen LogP contribution in [0.25, 0.3) is 0 Å². The van der Waals surface area contributed by atoms with Gasteiger partial charge in [-0.05, 0) is 52.3 Å². The standard InChI is InChI=1S/C13H10Br3NO3S/c1-20-12-5-3-9(15)7-13(12)21(18,19)17-11-4-2-8(14)6-10(11)16/h2-7,17H,1H3. The lowest BCUT2D eigenvalue weighted by Crippen LogP contribution is -2.14. The number of halogens is 3. The zero-order chi connectivity index (χ0) is 15.6. The second-order valence-electron chi connectivity index (χ2n) is 4.02. The molecule has 0 aliphatic heterocycles. The van der Waals surface area contributed by atoms with Crippen LogP contribution in [0.2, 0.25) is 0 Å². The summed E-state index contributed by atoms with van der Waals surface area (Å²) in [6, 6.07) is 9.98. The van der Waals surface area contributed by atoms with E-state index in [0.29, 0.717) is 14.6 Å². The summed E-state index contributed by atoms with van der Waals surface area (Å²) in [7, 11) is -2.34. The maximum atomic E-state index is 12.5. The Hall–Kier alpha value is -0.570. The highest BCUT2D eigenvalue weighted by Gasteiger charge is 2.21. The number of benzene rings is 2. The van der Waals surface area contributed by atoms with Crippen LogP contribution < -0.4 is 9.46 Å². The summed E-state index contributed by atoms with van der Waals surface area (Å²) in [5.41, 5.74) is 0.445. The van der Waals surface area contributed by atoms with E-state index in [1.165, 1.54) is 13.2 Å². The third-order valence-corrected chi connectivity index (χ3v) is 5.62. The maximum absolute atomic E-state index is 12.5. The number of rotatable bonds is 4. The highest BCUT2D eigenvalue weighted by atomic mass is 79.9. The Balaban J connectivity index is 2.45. The van der Waals surface area contributed by atoms with Gasteiger partial charge in [0.25, 0.3) is 10.0 Å². The Morgan fingerprint density at radius 2 is 1.62 bits per heavy atom. The Morgan fingerprint density at radius 3 is 2.24 bits per heavy atom. The molecular weight excluding hydrogens is 490 g/mol. The number of ether oxygens (including phenoxy) is 1. The van der Waals surface area contributed by atoms with Crippen LogP contribution in [-0.2, 0) is 10.0 Å². The van der Waals surface area contributed by atoms with E-state index in [2.05, 4.69) is 52.5 Å². The molecule has 0 atom stereocenters. The quantitative estimate of drug-likeness (QED) is 0.658. The van der Waals surface area contributed by atoms with Crippen molar-refractivity contribution in [3.63, 3.8) is 0 Å². The van der Waals surface area contributed by atoms with Crippen molar-refractivity contribution in [1.29, 1.82) is 0 Å². The molecule has 0 saturated heterocycles. The van der Waals surface area contributed by atoms with Crippen molar-refractivity contribution in [1.82, 2.24) is 0 Å². The minimum absolute atomic E-state index is 0.0641. The van der Waals surface area contributed by atoms with Crippen molar-refractivity contribution in [3.05, 3.63) is 49.8 Å². The van der Waals surface area contributed by atoms with Gasteiger partial charge in [-0.2, -0.15) is 0 Å². The molecule has 0 heterocycles. The molecule has 2 rings (SSSR count). The zero-order valence-corrected chi connectivity index (χ0v) is 16.3. The first-order chi connectivity index (χ1) is 9.83. The molecule has 21 heavy (non-hydrogen) atoms. The maximum Gasteiger partial charge on any atom is 0.265 e. The van der Waals surface area contributed by atoms with Gasteiger partial charge in [0.2, 0.25) is 0 Å². The number of nitrogens with one attached hydrogen (secondary N) is 1. The van der Waals surface area contributed by atoms with Gasteiger partial charge in [-0.15, -0.1) is 0 Å². The Labute approximate surface area is 148 Å². The zero-order valence-electron chi connectivity index (χ0n) is 10.7. The predicted octanol–water partition coefficient (Wildman–Crippen LogP) is 4.78. The van der Waals surface area contributed by atoms with Gasteiger partial charge in [0.1, 0.15) is 10.6 Å². The average Bonchev–Trinajstić information content (AvgIpc) is 2.42. The lowest BCUT2D eigenvalue weighted by atomic mass is 10.3. The van der Waals surface area contributed by atoms with Gasteiger partial charge < -0.3 is 4.74 Å². The van der Waals surface area contributed by atoms with E-state index in [1.54, 1.807) is 30.3 Å². The Bertz CT molecular complexity index is 778. The first kappa shape index (κ1) is 16.8. The Kier molecular flexibility index (Phi) is 5.34. The molecular formula is C13H10Br3NO3S. The largest absolute Gasteiger partial charge is 0.495 e. The number of methoxy groups -OCH3 is 1. The summed E-state index contributed by atoms with van der Waals surface area (Å²) in [4.78, 5) is 0.0641. The molecule has 112 valence electrons. The molecule has 0 bridgehead atoms. The van der Waals surface area contributed by atoms with Gasteiger partial charge in [-0.1, -0.05) is 31.9 Å². The van der Waals surface area contributed by atoms with Crippen LogP contribution in [-0.4, -0.2) is 15.5 Å². The van der Waals surface area contributed by atoms with Crippen molar-refractivity contribution in [3.8, 4) is 5.75 Å². The van der Waals surface area contributed by atoms with Crippen molar-refractivity contribution in [2.24, 2.45) is 0 Å². The smallest absolute Gasteiger partial charge is 0.265 e. The highest BCUT2D eigenvalue weighted by Crippen LogP contribution is 2.32. The van der Waals surface area contributed by atoms with Crippen LogP contribution >= 0.6 is 47.8 Å². The second-order valence-corrected chi connectivity index (χ2v) is 8.36. The van der Waals surface area contributed by atoms with Crippen molar-refractivity contribution >= 4 is 63.5 Å².